The van der Waals surface area contributed by atoms with Crippen LogP contribution < -0.4 is 0 Å². The number of rotatable bonds is 5. The van der Waals surface area contributed by atoms with E-state index in [4.69, 9.17) is 23.2 Å². The Morgan fingerprint density at radius 3 is 2.00 bits per heavy atom. The number of carbonyl (C=O) groups is 1. The first-order chi connectivity index (χ1) is 9.54. The number of thioether (sulfide) groups is 1. The molecular weight excluding hydrogens is 315 g/mol. The van der Waals surface area contributed by atoms with Crippen molar-refractivity contribution in [3.8, 4) is 0 Å². The van der Waals surface area contributed by atoms with Crippen LogP contribution in [0.1, 0.15) is 5.56 Å². The van der Waals surface area contributed by atoms with E-state index in [1.165, 1.54) is 11.8 Å². The minimum absolute atomic E-state index is 0.444. The van der Waals surface area contributed by atoms with E-state index < -0.39 is 11.2 Å². The molecule has 1 atom stereocenters. The quantitative estimate of drug-likeness (QED) is 0.803. The topological polar surface area (TPSA) is 37.3 Å². The molecule has 20 heavy (non-hydrogen) atoms. The molecule has 2 aromatic carbocycles. The summed E-state index contributed by atoms with van der Waals surface area (Å²) in [4.78, 5) is 12.3. The average Bonchev–Trinajstić information content (AvgIpc) is 2.42. The van der Waals surface area contributed by atoms with Crippen LogP contribution in [0.4, 0.5) is 0 Å². The van der Waals surface area contributed by atoms with E-state index in [-0.39, 0.29) is 0 Å². The van der Waals surface area contributed by atoms with Gasteiger partial charge in [-0.3, -0.25) is 4.79 Å². The van der Waals surface area contributed by atoms with Gasteiger partial charge in [-0.05, 0) is 48.4 Å². The molecule has 0 aliphatic heterocycles. The summed E-state index contributed by atoms with van der Waals surface area (Å²) in [5.41, 5.74) is 0.947. The minimum atomic E-state index is -0.833. The largest absolute Gasteiger partial charge is 0.480 e. The maximum absolute atomic E-state index is 11.4. The van der Waals surface area contributed by atoms with Crippen LogP contribution in [0.3, 0.4) is 0 Å². The summed E-state index contributed by atoms with van der Waals surface area (Å²) >= 11 is 13.0. The van der Waals surface area contributed by atoms with Crippen LogP contribution in [0.15, 0.2) is 53.4 Å². The summed E-state index contributed by atoms with van der Waals surface area (Å²) in [6.07, 6.45) is 0.444. The van der Waals surface area contributed by atoms with E-state index in [0.29, 0.717) is 16.5 Å². The van der Waals surface area contributed by atoms with Crippen LogP contribution >= 0.6 is 35.0 Å². The molecular formula is C15H12Cl2O2S. The van der Waals surface area contributed by atoms with E-state index in [9.17, 15) is 9.90 Å². The van der Waals surface area contributed by atoms with E-state index in [1.54, 1.807) is 24.3 Å². The summed E-state index contributed by atoms with van der Waals surface area (Å²) in [6, 6.07) is 14.4. The molecule has 2 aromatic rings. The Kier molecular flexibility index (Phi) is 5.35. The smallest absolute Gasteiger partial charge is 0.317 e. The van der Waals surface area contributed by atoms with E-state index in [0.717, 1.165) is 10.5 Å². The maximum atomic E-state index is 11.4. The zero-order valence-electron chi connectivity index (χ0n) is 10.4. The fourth-order valence-corrected chi connectivity index (χ4v) is 2.94. The van der Waals surface area contributed by atoms with Crippen molar-refractivity contribution in [1.82, 2.24) is 0 Å². The van der Waals surface area contributed by atoms with Crippen LogP contribution in [0.25, 0.3) is 0 Å². The van der Waals surface area contributed by atoms with Gasteiger partial charge >= 0.3 is 5.97 Å². The zero-order chi connectivity index (χ0) is 14.5. The van der Waals surface area contributed by atoms with Crippen LogP contribution in [-0.4, -0.2) is 16.3 Å². The average molecular weight is 327 g/mol. The van der Waals surface area contributed by atoms with Crippen molar-refractivity contribution in [2.45, 2.75) is 16.6 Å². The number of halogens is 2. The van der Waals surface area contributed by atoms with Gasteiger partial charge in [0.1, 0.15) is 5.25 Å². The summed E-state index contributed by atoms with van der Waals surface area (Å²) < 4.78 is 0. The van der Waals surface area contributed by atoms with Crippen molar-refractivity contribution in [1.29, 1.82) is 0 Å². The Labute approximate surface area is 131 Å². The standard InChI is InChI=1S/C15H12Cl2O2S/c16-11-3-1-10(2-4-11)9-14(15(18)19)20-13-7-5-12(17)6-8-13/h1-8,14H,9H2,(H,18,19)/t14-/m1/s1. The normalized spacial score (nSPS) is 12.1. The molecule has 0 spiro atoms. The lowest BCUT2D eigenvalue weighted by Gasteiger charge is -2.12. The molecule has 0 aliphatic rings. The van der Waals surface area contributed by atoms with Gasteiger partial charge < -0.3 is 5.11 Å². The Bertz CT molecular complexity index is 534. The lowest BCUT2D eigenvalue weighted by Crippen LogP contribution is -2.19. The predicted molar refractivity (Wildman–Crippen MR) is 83.9 cm³/mol. The van der Waals surface area contributed by atoms with E-state index in [1.807, 2.05) is 24.3 Å². The summed E-state index contributed by atoms with van der Waals surface area (Å²) in [6.45, 7) is 0. The highest BCUT2D eigenvalue weighted by Crippen LogP contribution is 2.27. The molecule has 0 aromatic heterocycles. The molecule has 0 unspecified atom stereocenters. The van der Waals surface area contributed by atoms with Crippen molar-refractivity contribution in [2.75, 3.05) is 0 Å². The molecule has 1 N–H and O–H groups in total. The van der Waals surface area contributed by atoms with Crippen LogP contribution in [0, 0.1) is 0 Å². The molecule has 104 valence electrons. The van der Waals surface area contributed by atoms with Crippen molar-refractivity contribution in [3.05, 3.63) is 64.1 Å². The van der Waals surface area contributed by atoms with Crippen molar-refractivity contribution >= 4 is 40.9 Å². The highest BCUT2D eigenvalue weighted by atomic mass is 35.5. The number of carboxylic acid groups (broad SMARTS) is 1. The van der Waals surface area contributed by atoms with E-state index >= 15 is 0 Å². The Morgan fingerprint density at radius 2 is 1.50 bits per heavy atom. The highest BCUT2D eigenvalue weighted by molar-refractivity contribution is 8.00. The number of hydrogen-bond donors (Lipinski definition) is 1. The van der Waals surface area contributed by atoms with Gasteiger partial charge in [0, 0.05) is 14.9 Å². The Hall–Kier alpha value is -1.16. The Morgan fingerprint density at radius 1 is 1.00 bits per heavy atom. The first-order valence-electron chi connectivity index (χ1n) is 5.94. The first-order valence-corrected chi connectivity index (χ1v) is 7.57. The van der Waals surface area contributed by atoms with Gasteiger partial charge in [-0.15, -0.1) is 11.8 Å². The van der Waals surface area contributed by atoms with Gasteiger partial charge in [-0.2, -0.15) is 0 Å². The van der Waals surface area contributed by atoms with Crippen LogP contribution in [-0.2, 0) is 11.2 Å². The molecule has 0 saturated carbocycles. The molecule has 0 saturated heterocycles. The number of carboxylic acids is 1. The summed E-state index contributed by atoms with van der Waals surface area (Å²) in [7, 11) is 0. The van der Waals surface area contributed by atoms with Gasteiger partial charge in [0.25, 0.3) is 0 Å². The Balaban J connectivity index is 2.09. The maximum Gasteiger partial charge on any atom is 0.317 e. The van der Waals surface area contributed by atoms with E-state index in [2.05, 4.69) is 0 Å². The number of hydrogen-bond acceptors (Lipinski definition) is 2. The van der Waals surface area contributed by atoms with Crippen LogP contribution in [0.2, 0.25) is 10.0 Å². The molecule has 0 bridgehead atoms. The predicted octanol–water partition coefficient (Wildman–Crippen LogP) is 4.78. The molecule has 2 rings (SSSR count). The molecule has 0 aliphatic carbocycles. The molecule has 5 heteroatoms. The second-order valence-corrected chi connectivity index (χ2v) is 6.38. The van der Waals surface area contributed by atoms with Crippen molar-refractivity contribution in [2.24, 2.45) is 0 Å². The fourth-order valence-electron chi connectivity index (χ4n) is 1.69. The lowest BCUT2D eigenvalue weighted by atomic mass is 10.1. The lowest BCUT2D eigenvalue weighted by molar-refractivity contribution is -0.136. The van der Waals surface area contributed by atoms with Gasteiger partial charge in [0.15, 0.2) is 0 Å². The number of benzene rings is 2. The third kappa shape index (κ3) is 4.44. The molecule has 2 nitrogen and oxygen atoms in total. The van der Waals surface area contributed by atoms with Crippen molar-refractivity contribution < 1.29 is 9.90 Å². The monoisotopic (exact) mass is 326 g/mol. The number of aliphatic carboxylic acids is 1. The molecule has 0 fully saturated rings. The van der Waals surface area contributed by atoms with Gasteiger partial charge in [-0.1, -0.05) is 35.3 Å². The first kappa shape index (κ1) is 15.2. The molecule has 0 heterocycles. The second kappa shape index (κ2) is 7.02. The fraction of sp³-hybridized carbons (Fsp3) is 0.133. The third-order valence-corrected chi connectivity index (χ3v) is 4.40. The SMILES string of the molecule is O=C(O)[C@@H](Cc1ccc(Cl)cc1)Sc1ccc(Cl)cc1. The third-order valence-electron chi connectivity index (χ3n) is 2.70. The highest BCUT2D eigenvalue weighted by Gasteiger charge is 2.19. The molecule has 0 radical (unpaired) electrons. The molecule has 0 amide bonds. The van der Waals surface area contributed by atoms with Gasteiger partial charge in [0.05, 0.1) is 0 Å². The van der Waals surface area contributed by atoms with Gasteiger partial charge in [0.2, 0.25) is 0 Å². The minimum Gasteiger partial charge on any atom is -0.480 e. The van der Waals surface area contributed by atoms with Gasteiger partial charge in [-0.25, -0.2) is 0 Å². The van der Waals surface area contributed by atoms with Crippen molar-refractivity contribution in [3.63, 3.8) is 0 Å². The second-order valence-electron chi connectivity index (χ2n) is 4.23. The summed E-state index contributed by atoms with van der Waals surface area (Å²) in [5, 5.41) is 10.1. The summed E-state index contributed by atoms with van der Waals surface area (Å²) in [5.74, 6) is -0.833. The zero-order valence-corrected chi connectivity index (χ0v) is 12.8. The van der Waals surface area contributed by atoms with Crippen LogP contribution in [0.5, 0.6) is 0 Å².